The zero-order valence-corrected chi connectivity index (χ0v) is 12.1. The molecule has 1 aromatic carbocycles. The molecule has 0 aliphatic heterocycles. The number of hydrogen-bond donors (Lipinski definition) is 2. The molecule has 0 radical (unpaired) electrons. The minimum Gasteiger partial charge on any atom is -0.481 e. The van der Waals surface area contributed by atoms with Crippen LogP contribution in [0.2, 0.25) is 0 Å². The summed E-state index contributed by atoms with van der Waals surface area (Å²) in [6, 6.07) is 9.49. The molecule has 0 amide bonds. The molecule has 0 saturated heterocycles. The Morgan fingerprint density at radius 1 is 1.30 bits per heavy atom. The summed E-state index contributed by atoms with van der Waals surface area (Å²) in [5, 5.41) is 8.55. The maximum absolute atomic E-state index is 10.4. The van der Waals surface area contributed by atoms with E-state index in [-0.39, 0.29) is 12.3 Å². The Kier molecular flexibility index (Phi) is 11.1. The number of carboxylic acids is 1. The van der Waals surface area contributed by atoms with Crippen LogP contribution in [0, 0.1) is 5.92 Å². The third-order valence-corrected chi connectivity index (χ3v) is 2.91. The van der Waals surface area contributed by atoms with Gasteiger partial charge in [-0.2, -0.15) is 0 Å². The fraction of sp³-hybridized carbons (Fsp3) is 0.500. The number of carbonyl (C=O) groups excluding carboxylic acids is 1. The molecular weight excluding hydrogens is 254 g/mol. The summed E-state index contributed by atoms with van der Waals surface area (Å²) < 4.78 is 0. The van der Waals surface area contributed by atoms with E-state index in [1.165, 1.54) is 0 Å². The molecule has 1 unspecified atom stereocenters. The van der Waals surface area contributed by atoms with E-state index < -0.39 is 5.97 Å². The Bertz CT molecular complexity index is 365. The highest BCUT2D eigenvalue weighted by molar-refractivity contribution is 5.67. The van der Waals surface area contributed by atoms with Crippen LogP contribution in [-0.2, 0) is 9.59 Å². The lowest BCUT2D eigenvalue weighted by Gasteiger charge is -2.10. The van der Waals surface area contributed by atoms with Crippen molar-refractivity contribution in [3.8, 4) is 0 Å². The van der Waals surface area contributed by atoms with Gasteiger partial charge in [0, 0.05) is 18.5 Å². The number of rotatable bonds is 8. The maximum Gasteiger partial charge on any atom is 0.303 e. The minimum absolute atomic E-state index is 0.0431. The van der Waals surface area contributed by atoms with E-state index in [0.717, 1.165) is 37.7 Å². The summed E-state index contributed by atoms with van der Waals surface area (Å²) in [5.74, 6) is -0.759. The second-order valence-corrected chi connectivity index (χ2v) is 4.77. The molecule has 0 aromatic heterocycles. The fourth-order valence-corrected chi connectivity index (χ4v) is 1.82. The van der Waals surface area contributed by atoms with Gasteiger partial charge in [-0.05, 0) is 24.5 Å². The van der Waals surface area contributed by atoms with Crippen molar-refractivity contribution in [2.75, 3.05) is 5.73 Å². The Hall–Kier alpha value is -1.84. The highest BCUT2D eigenvalue weighted by Gasteiger charge is 2.11. The number of nitrogen functional groups attached to an aromatic ring is 1. The summed E-state index contributed by atoms with van der Waals surface area (Å²) >= 11 is 0. The van der Waals surface area contributed by atoms with Gasteiger partial charge in [0.05, 0.1) is 0 Å². The number of unbranched alkanes of at least 4 members (excludes halogenated alkanes) is 2. The molecule has 0 heterocycles. The second-order valence-electron chi connectivity index (χ2n) is 4.77. The monoisotopic (exact) mass is 279 g/mol. The first-order valence-electron chi connectivity index (χ1n) is 7.06. The van der Waals surface area contributed by atoms with Crippen LogP contribution >= 0.6 is 0 Å². The van der Waals surface area contributed by atoms with Crippen LogP contribution in [0.25, 0.3) is 0 Å². The van der Waals surface area contributed by atoms with Crippen LogP contribution in [-0.4, -0.2) is 17.4 Å². The second kappa shape index (κ2) is 12.2. The quantitative estimate of drug-likeness (QED) is 0.433. The fourth-order valence-electron chi connectivity index (χ4n) is 1.82. The summed E-state index contributed by atoms with van der Waals surface area (Å²) in [7, 11) is 0. The predicted octanol–water partition coefficient (Wildman–Crippen LogP) is 3.52. The van der Waals surface area contributed by atoms with Gasteiger partial charge in [-0.25, -0.2) is 0 Å². The molecule has 1 aromatic rings. The van der Waals surface area contributed by atoms with Gasteiger partial charge in [0.1, 0.15) is 6.29 Å². The third kappa shape index (κ3) is 11.3. The van der Waals surface area contributed by atoms with E-state index in [4.69, 9.17) is 10.8 Å². The average molecular weight is 279 g/mol. The largest absolute Gasteiger partial charge is 0.481 e. The van der Waals surface area contributed by atoms with Gasteiger partial charge in [0.25, 0.3) is 0 Å². The van der Waals surface area contributed by atoms with Gasteiger partial charge < -0.3 is 15.6 Å². The number of carbonyl (C=O) groups is 2. The van der Waals surface area contributed by atoms with Gasteiger partial charge in [-0.3, -0.25) is 4.79 Å². The van der Waals surface area contributed by atoms with Crippen molar-refractivity contribution in [3.05, 3.63) is 30.3 Å². The first kappa shape index (κ1) is 18.2. The number of benzene rings is 1. The summed E-state index contributed by atoms with van der Waals surface area (Å²) in [4.78, 5) is 20.6. The molecule has 4 nitrogen and oxygen atoms in total. The lowest BCUT2D eigenvalue weighted by atomic mass is 9.95. The normalized spacial score (nSPS) is 11.1. The molecule has 0 aliphatic carbocycles. The zero-order valence-electron chi connectivity index (χ0n) is 12.1. The standard InChI is InChI=1S/C10H18O3.C6H7N/c1-2-3-4-5-9(6-7-11)8-10(12)13;7-6-4-2-1-3-5-6/h7,9H,2-6,8H2,1H3,(H,12,13);1-5H,7H2. The van der Waals surface area contributed by atoms with Crippen molar-refractivity contribution >= 4 is 17.9 Å². The van der Waals surface area contributed by atoms with Gasteiger partial charge in [0.2, 0.25) is 0 Å². The van der Waals surface area contributed by atoms with E-state index in [1.54, 1.807) is 0 Å². The van der Waals surface area contributed by atoms with Crippen molar-refractivity contribution < 1.29 is 14.7 Å². The van der Waals surface area contributed by atoms with Crippen LogP contribution in [0.1, 0.15) is 45.4 Å². The van der Waals surface area contributed by atoms with Crippen LogP contribution in [0.5, 0.6) is 0 Å². The van der Waals surface area contributed by atoms with Gasteiger partial charge in [-0.15, -0.1) is 0 Å². The van der Waals surface area contributed by atoms with E-state index in [0.29, 0.717) is 6.42 Å². The Balaban J connectivity index is 0.000000428. The first-order valence-corrected chi connectivity index (χ1v) is 7.06. The van der Waals surface area contributed by atoms with E-state index in [2.05, 4.69) is 6.92 Å². The average Bonchev–Trinajstić information content (AvgIpc) is 2.40. The minimum atomic E-state index is -0.802. The molecule has 20 heavy (non-hydrogen) atoms. The smallest absolute Gasteiger partial charge is 0.303 e. The van der Waals surface area contributed by atoms with Gasteiger partial charge in [0.15, 0.2) is 0 Å². The third-order valence-electron chi connectivity index (χ3n) is 2.91. The Morgan fingerprint density at radius 2 is 1.95 bits per heavy atom. The molecule has 0 spiro atoms. The number of para-hydroxylation sites is 1. The van der Waals surface area contributed by atoms with E-state index in [1.807, 2.05) is 30.3 Å². The predicted molar refractivity (Wildman–Crippen MR) is 81.4 cm³/mol. The molecule has 0 bridgehead atoms. The van der Waals surface area contributed by atoms with Crippen LogP contribution in [0.4, 0.5) is 5.69 Å². The molecule has 1 atom stereocenters. The SMILES string of the molecule is CCCCCC(CC=O)CC(=O)O.Nc1ccccc1. The van der Waals surface area contributed by atoms with Crippen LogP contribution in [0.15, 0.2) is 30.3 Å². The molecular formula is C16H25NO3. The van der Waals surface area contributed by atoms with E-state index >= 15 is 0 Å². The molecule has 112 valence electrons. The number of carboxylic acid groups (broad SMARTS) is 1. The maximum atomic E-state index is 10.4. The van der Waals surface area contributed by atoms with Crippen molar-refractivity contribution in [1.82, 2.24) is 0 Å². The highest BCUT2D eigenvalue weighted by Crippen LogP contribution is 2.16. The topological polar surface area (TPSA) is 80.4 Å². The first-order chi connectivity index (χ1) is 9.60. The number of nitrogens with two attached hydrogens (primary N) is 1. The molecule has 1 rings (SSSR count). The van der Waals surface area contributed by atoms with Gasteiger partial charge in [-0.1, -0.05) is 44.4 Å². The summed E-state index contributed by atoms with van der Waals surface area (Å²) in [5.41, 5.74) is 6.18. The number of hydrogen-bond acceptors (Lipinski definition) is 3. The van der Waals surface area contributed by atoms with Crippen molar-refractivity contribution in [1.29, 1.82) is 0 Å². The molecule has 0 aliphatic rings. The van der Waals surface area contributed by atoms with E-state index in [9.17, 15) is 9.59 Å². The molecule has 0 fully saturated rings. The number of aliphatic carboxylic acids is 1. The molecule has 3 N–H and O–H groups in total. The van der Waals surface area contributed by atoms with Crippen molar-refractivity contribution in [2.45, 2.75) is 45.4 Å². The Morgan fingerprint density at radius 3 is 2.35 bits per heavy atom. The summed E-state index contributed by atoms with van der Waals surface area (Å²) in [6.45, 7) is 2.10. The lowest BCUT2D eigenvalue weighted by Crippen LogP contribution is -2.08. The summed E-state index contributed by atoms with van der Waals surface area (Å²) in [6.07, 6.45) is 5.47. The van der Waals surface area contributed by atoms with Crippen molar-refractivity contribution in [3.63, 3.8) is 0 Å². The molecule has 0 saturated carbocycles. The molecule has 4 heteroatoms. The zero-order chi connectivity index (χ0) is 15.2. The Labute approximate surface area is 121 Å². The lowest BCUT2D eigenvalue weighted by molar-refractivity contribution is -0.138. The highest BCUT2D eigenvalue weighted by atomic mass is 16.4. The van der Waals surface area contributed by atoms with Crippen molar-refractivity contribution in [2.24, 2.45) is 5.92 Å². The number of anilines is 1. The van der Waals surface area contributed by atoms with Gasteiger partial charge >= 0.3 is 5.97 Å². The van der Waals surface area contributed by atoms with Crippen LogP contribution in [0.3, 0.4) is 0 Å². The number of aldehydes is 1. The van der Waals surface area contributed by atoms with Crippen LogP contribution < -0.4 is 5.73 Å².